The maximum atomic E-state index is 6.22. The first-order valence-corrected chi connectivity index (χ1v) is 9.53. The number of imidazole rings is 1. The predicted molar refractivity (Wildman–Crippen MR) is 102 cm³/mol. The summed E-state index contributed by atoms with van der Waals surface area (Å²) < 4.78 is 13.9. The molecule has 6 heteroatoms. The van der Waals surface area contributed by atoms with E-state index < -0.39 is 0 Å². The quantitative estimate of drug-likeness (QED) is 0.461. The highest BCUT2D eigenvalue weighted by Crippen LogP contribution is 2.22. The summed E-state index contributed by atoms with van der Waals surface area (Å²) in [6.45, 7) is 4.65. The van der Waals surface area contributed by atoms with Crippen molar-refractivity contribution in [1.29, 1.82) is 0 Å². The Hall–Kier alpha value is -1.07. The maximum Gasteiger partial charge on any atom is 0.0991 e. The van der Waals surface area contributed by atoms with Gasteiger partial charge in [-0.1, -0.05) is 55.5 Å². The van der Waals surface area contributed by atoms with Gasteiger partial charge in [0.05, 0.1) is 32.2 Å². The van der Waals surface area contributed by atoms with Crippen LogP contribution in [-0.4, -0.2) is 28.9 Å². The number of halogens is 2. The zero-order chi connectivity index (χ0) is 17.9. The minimum atomic E-state index is -0.0629. The monoisotopic (exact) mass is 384 g/mol. The molecule has 0 radical (unpaired) electrons. The highest BCUT2D eigenvalue weighted by molar-refractivity contribution is 6.35. The zero-order valence-electron chi connectivity index (χ0n) is 14.7. The summed E-state index contributed by atoms with van der Waals surface area (Å²) in [5, 5.41) is 1.24. The van der Waals surface area contributed by atoms with Crippen LogP contribution in [0.1, 0.15) is 38.2 Å². The minimum absolute atomic E-state index is 0.0629. The Kier molecular flexibility index (Phi) is 9.33. The van der Waals surface area contributed by atoms with Gasteiger partial charge in [-0.2, -0.15) is 0 Å². The molecule has 1 unspecified atom stereocenters. The van der Waals surface area contributed by atoms with Crippen molar-refractivity contribution in [2.24, 2.45) is 0 Å². The fourth-order valence-electron chi connectivity index (χ4n) is 2.48. The summed E-state index contributed by atoms with van der Waals surface area (Å²) >= 11 is 12.2. The number of rotatable bonds is 12. The lowest BCUT2D eigenvalue weighted by molar-refractivity contribution is -0.0333. The number of hydrogen-bond donors (Lipinski definition) is 0. The van der Waals surface area contributed by atoms with E-state index in [0.717, 1.165) is 18.6 Å². The van der Waals surface area contributed by atoms with Gasteiger partial charge in [-0.3, -0.25) is 0 Å². The van der Waals surface area contributed by atoms with Crippen LogP contribution in [0.25, 0.3) is 0 Å². The minimum Gasteiger partial charge on any atom is -0.379 e. The van der Waals surface area contributed by atoms with E-state index in [1.54, 1.807) is 18.6 Å². The molecule has 0 saturated carbocycles. The van der Waals surface area contributed by atoms with Crippen molar-refractivity contribution in [2.75, 3.05) is 13.2 Å². The number of benzene rings is 1. The molecule has 2 rings (SSSR count). The molecular weight excluding hydrogens is 359 g/mol. The Morgan fingerprint density at radius 1 is 1.20 bits per heavy atom. The van der Waals surface area contributed by atoms with Crippen molar-refractivity contribution in [3.63, 3.8) is 0 Å². The van der Waals surface area contributed by atoms with Gasteiger partial charge in [0.25, 0.3) is 0 Å². The Balaban J connectivity index is 1.83. The number of nitrogens with zero attached hydrogens (tertiary/aromatic N) is 2. The van der Waals surface area contributed by atoms with Crippen molar-refractivity contribution in [1.82, 2.24) is 9.55 Å². The van der Waals surface area contributed by atoms with Gasteiger partial charge >= 0.3 is 0 Å². The van der Waals surface area contributed by atoms with Crippen molar-refractivity contribution < 1.29 is 9.47 Å². The van der Waals surface area contributed by atoms with Gasteiger partial charge in [0.15, 0.2) is 0 Å². The van der Waals surface area contributed by atoms with Crippen LogP contribution in [0, 0.1) is 0 Å². The highest BCUT2D eigenvalue weighted by atomic mass is 35.5. The van der Waals surface area contributed by atoms with Crippen LogP contribution in [0.4, 0.5) is 0 Å². The standard InChI is InChI=1S/C19H26Cl2N2O2/c1-2-3-4-5-10-24-14-18(12-23-9-8-22-15-23)25-13-16-6-7-17(20)11-19(16)21/h6-9,11,15,18H,2-5,10,12-14H2,1H3. The molecule has 0 aliphatic rings. The van der Waals surface area contributed by atoms with E-state index in [0.29, 0.717) is 29.8 Å². The Labute approximate surface area is 160 Å². The Morgan fingerprint density at radius 2 is 2.08 bits per heavy atom. The Morgan fingerprint density at radius 3 is 2.80 bits per heavy atom. The van der Waals surface area contributed by atoms with E-state index in [1.807, 2.05) is 22.9 Å². The molecule has 0 amide bonds. The largest absolute Gasteiger partial charge is 0.379 e. The van der Waals surface area contributed by atoms with Gasteiger partial charge < -0.3 is 14.0 Å². The molecule has 0 N–H and O–H groups in total. The first-order chi connectivity index (χ1) is 12.2. The SMILES string of the molecule is CCCCCCOCC(Cn1ccnc1)OCc1ccc(Cl)cc1Cl. The van der Waals surface area contributed by atoms with E-state index in [2.05, 4.69) is 11.9 Å². The number of hydrogen-bond acceptors (Lipinski definition) is 3. The van der Waals surface area contributed by atoms with Gasteiger partial charge in [0.1, 0.15) is 0 Å². The van der Waals surface area contributed by atoms with E-state index in [9.17, 15) is 0 Å². The topological polar surface area (TPSA) is 36.3 Å². The third kappa shape index (κ3) is 7.78. The van der Waals surface area contributed by atoms with Gasteiger partial charge in [-0.15, -0.1) is 0 Å². The van der Waals surface area contributed by atoms with Crippen molar-refractivity contribution in [3.05, 3.63) is 52.5 Å². The molecule has 1 atom stereocenters. The second kappa shape index (κ2) is 11.5. The molecule has 2 aromatic rings. The summed E-state index contributed by atoms with van der Waals surface area (Å²) in [6.07, 6.45) is 10.2. The molecule has 0 bridgehead atoms. The van der Waals surface area contributed by atoms with E-state index in [1.165, 1.54) is 19.3 Å². The predicted octanol–water partition coefficient (Wildman–Crippen LogP) is 5.37. The van der Waals surface area contributed by atoms with Crippen LogP contribution in [0.3, 0.4) is 0 Å². The molecule has 25 heavy (non-hydrogen) atoms. The van der Waals surface area contributed by atoms with Gasteiger partial charge in [0.2, 0.25) is 0 Å². The molecule has 1 aromatic carbocycles. The lowest BCUT2D eigenvalue weighted by Crippen LogP contribution is -2.25. The third-order valence-electron chi connectivity index (χ3n) is 3.91. The van der Waals surface area contributed by atoms with E-state index in [-0.39, 0.29) is 6.10 Å². The number of unbranched alkanes of at least 4 members (excludes halogenated alkanes) is 3. The van der Waals surface area contributed by atoms with Crippen molar-refractivity contribution >= 4 is 23.2 Å². The normalized spacial score (nSPS) is 12.4. The van der Waals surface area contributed by atoms with Gasteiger partial charge in [-0.25, -0.2) is 4.98 Å². The lowest BCUT2D eigenvalue weighted by Gasteiger charge is -2.19. The first kappa shape index (κ1) is 20.2. The summed E-state index contributed by atoms with van der Waals surface area (Å²) in [5.41, 5.74) is 0.921. The molecule has 1 heterocycles. The molecule has 0 aliphatic heterocycles. The molecule has 0 aliphatic carbocycles. The molecule has 0 saturated heterocycles. The molecule has 138 valence electrons. The van der Waals surface area contributed by atoms with Crippen molar-refractivity contribution in [2.45, 2.75) is 51.9 Å². The number of aromatic nitrogens is 2. The van der Waals surface area contributed by atoms with Crippen LogP contribution in [0.2, 0.25) is 10.0 Å². The zero-order valence-corrected chi connectivity index (χ0v) is 16.2. The fraction of sp³-hybridized carbons (Fsp3) is 0.526. The highest BCUT2D eigenvalue weighted by Gasteiger charge is 2.12. The van der Waals surface area contributed by atoms with Gasteiger partial charge in [-0.05, 0) is 24.1 Å². The summed E-state index contributed by atoms with van der Waals surface area (Å²) in [4.78, 5) is 4.08. The fourth-order valence-corrected chi connectivity index (χ4v) is 2.94. The van der Waals surface area contributed by atoms with Crippen molar-refractivity contribution in [3.8, 4) is 0 Å². The third-order valence-corrected chi connectivity index (χ3v) is 4.50. The lowest BCUT2D eigenvalue weighted by atomic mass is 10.2. The van der Waals surface area contributed by atoms with Crippen LogP contribution in [0.15, 0.2) is 36.9 Å². The molecule has 4 nitrogen and oxygen atoms in total. The van der Waals surface area contributed by atoms with Gasteiger partial charge in [0, 0.05) is 29.0 Å². The smallest absolute Gasteiger partial charge is 0.0991 e. The average molecular weight is 385 g/mol. The second-order valence-corrected chi connectivity index (χ2v) is 6.91. The van der Waals surface area contributed by atoms with Crippen LogP contribution in [-0.2, 0) is 22.6 Å². The molecular formula is C19H26Cl2N2O2. The second-order valence-electron chi connectivity index (χ2n) is 6.06. The van der Waals surface area contributed by atoms with Crippen LogP contribution < -0.4 is 0 Å². The van der Waals surface area contributed by atoms with E-state index >= 15 is 0 Å². The first-order valence-electron chi connectivity index (χ1n) is 8.78. The van der Waals surface area contributed by atoms with Crippen LogP contribution in [0.5, 0.6) is 0 Å². The number of ether oxygens (including phenoxy) is 2. The maximum absolute atomic E-state index is 6.22. The molecule has 0 fully saturated rings. The summed E-state index contributed by atoms with van der Waals surface area (Å²) in [7, 11) is 0. The Bertz CT molecular complexity index is 605. The molecule has 1 aromatic heterocycles. The summed E-state index contributed by atoms with van der Waals surface area (Å²) in [6, 6.07) is 5.45. The summed E-state index contributed by atoms with van der Waals surface area (Å²) in [5.74, 6) is 0. The molecule has 0 spiro atoms. The van der Waals surface area contributed by atoms with Crippen LogP contribution >= 0.6 is 23.2 Å². The average Bonchev–Trinajstić information content (AvgIpc) is 3.09. The van der Waals surface area contributed by atoms with E-state index in [4.69, 9.17) is 32.7 Å².